The molecule has 0 aliphatic rings. The van der Waals surface area contributed by atoms with Gasteiger partial charge in [0.1, 0.15) is 0 Å². The van der Waals surface area contributed by atoms with Crippen molar-refractivity contribution in [2.75, 3.05) is 13.2 Å². The highest BCUT2D eigenvalue weighted by Crippen LogP contribution is 2.46. The van der Waals surface area contributed by atoms with Gasteiger partial charge in [0.15, 0.2) is 0 Å². The van der Waals surface area contributed by atoms with E-state index in [1.54, 1.807) is 0 Å². The van der Waals surface area contributed by atoms with Crippen LogP contribution in [0.3, 0.4) is 0 Å². The first kappa shape index (κ1) is 26.4. The van der Waals surface area contributed by atoms with Crippen LogP contribution < -0.4 is 0 Å². The molecule has 0 heterocycles. The van der Waals surface area contributed by atoms with Crippen LogP contribution in [-0.2, 0) is 15.3 Å². The number of ether oxygens (including phenoxy) is 2. The van der Waals surface area contributed by atoms with E-state index < -0.39 is 5.79 Å². The molecule has 0 saturated carbocycles. The predicted molar refractivity (Wildman–Crippen MR) is 154 cm³/mol. The van der Waals surface area contributed by atoms with Gasteiger partial charge in [-0.3, -0.25) is 0 Å². The van der Waals surface area contributed by atoms with Crippen LogP contribution in [-0.4, -0.2) is 13.2 Å². The summed E-state index contributed by atoms with van der Waals surface area (Å²) in [6.07, 6.45) is 8.66. The Morgan fingerprint density at radius 1 is 0.583 bits per heavy atom. The van der Waals surface area contributed by atoms with Crippen LogP contribution in [0.15, 0.2) is 84.9 Å². The van der Waals surface area contributed by atoms with Crippen molar-refractivity contribution >= 4 is 21.5 Å². The van der Waals surface area contributed by atoms with Crippen LogP contribution >= 0.6 is 0 Å². The average molecular weight is 483 g/mol. The van der Waals surface area contributed by atoms with Crippen LogP contribution in [0.25, 0.3) is 21.5 Å². The maximum Gasteiger partial charge on any atom is 0.201 e. The lowest BCUT2D eigenvalue weighted by Crippen LogP contribution is -2.40. The molecule has 1 atom stereocenters. The van der Waals surface area contributed by atoms with Crippen LogP contribution in [0.1, 0.15) is 82.8 Å². The Labute approximate surface area is 217 Å². The van der Waals surface area contributed by atoms with Crippen LogP contribution in [0, 0.1) is 0 Å². The van der Waals surface area contributed by atoms with E-state index in [1.165, 1.54) is 59.2 Å². The van der Waals surface area contributed by atoms with Gasteiger partial charge in [0, 0.05) is 24.7 Å². The number of unbranched alkanes of at least 4 members (excludes halogenated alkanes) is 5. The molecule has 190 valence electrons. The molecule has 2 heteroatoms. The molecule has 4 rings (SSSR count). The summed E-state index contributed by atoms with van der Waals surface area (Å²) in [6, 6.07) is 30.8. The fraction of sp³-hybridized carbons (Fsp3) is 0.412. The lowest BCUT2D eigenvalue weighted by atomic mass is 9.80. The number of benzene rings is 4. The zero-order chi connectivity index (χ0) is 25.2. The molecule has 0 aromatic heterocycles. The Kier molecular flexibility index (Phi) is 9.55. The predicted octanol–water partition coefficient (Wildman–Crippen LogP) is 9.75. The fourth-order valence-electron chi connectivity index (χ4n) is 5.58. The average Bonchev–Trinajstić information content (AvgIpc) is 2.92. The molecule has 0 aliphatic heterocycles. The van der Waals surface area contributed by atoms with Gasteiger partial charge in [-0.1, -0.05) is 124 Å². The second kappa shape index (κ2) is 13.0. The van der Waals surface area contributed by atoms with Crippen LogP contribution in [0.5, 0.6) is 0 Å². The topological polar surface area (TPSA) is 18.5 Å². The maximum absolute atomic E-state index is 6.71. The first-order valence-corrected chi connectivity index (χ1v) is 14.0. The third-order valence-electron chi connectivity index (χ3n) is 7.35. The third kappa shape index (κ3) is 5.99. The second-order valence-corrected chi connectivity index (χ2v) is 9.81. The molecule has 0 N–H and O–H groups in total. The van der Waals surface area contributed by atoms with Gasteiger partial charge in [-0.2, -0.15) is 0 Å². The maximum atomic E-state index is 6.71. The van der Waals surface area contributed by atoms with Crippen LogP contribution in [0.4, 0.5) is 0 Å². The van der Waals surface area contributed by atoms with E-state index in [1.807, 2.05) is 0 Å². The smallest absolute Gasteiger partial charge is 0.201 e. The lowest BCUT2D eigenvalue weighted by Gasteiger charge is -2.41. The van der Waals surface area contributed by atoms with Gasteiger partial charge >= 0.3 is 0 Å². The van der Waals surface area contributed by atoms with Crippen molar-refractivity contribution in [3.8, 4) is 0 Å². The molecule has 0 aliphatic carbocycles. The highest BCUT2D eigenvalue weighted by molar-refractivity contribution is 5.84. The summed E-state index contributed by atoms with van der Waals surface area (Å²) < 4.78 is 13.4. The van der Waals surface area contributed by atoms with Crippen LogP contribution in [0.2, 0.25) is 0 Å². The SMILES string of the molecule is CCCCCCCCC(c1ccc2ccccc2c1)C(OCC)(OCC)c1ccc2ccccc2c1. The minimum absolute atomic E-state index is 0.0920. The van der Waals surface area contributed by atoms with Crippen molar-refractivity contribution in [1.82, 2.24) is 0 Å². The van der Waals surface area contributed by atoms with E-state index in [4.69, 9.17) is 9.47 Å². The largest absolute Gasteiger partial charge is 0.346 e. The molecule has 4 aromatic carbocycles. The molecular weight excluding hydrogens is 440 g/mol. The normalized spacial score (nSPS) is 12.9. The summed E-state index contributed by atoms with van der Waals surface area (Å²) >= 11 is 0. The zero-order valence-corrected chi connectivity index (χ0v) is 22.3. The van der Waals surface area contributed by atoms with E-state index >= 15 is 0 Å². The standard InChI is InChI=1S/C34H42O2/c1-4-7-8-9-10-11-20-33(31-22-21-27-16-12-14-18-29(27)25-31)34(35-5-2,36-6-3)32-24-23-28-17-13-15-19-30(28)26-32/h12-19,21-26,33H,4-11,20H2,1-3H3. The van der Waals surface area contributed by atoms with Crippen molar-refractivity contribution < 1.29 is 9.47 Å². The molecular formula is C34H42O2. The molecule has 0 saturated heterocycles. The molecule has 0 radical (unpaired) electrons. The van der Waals surface area contributed by atoms with Gasteiger partial charge in [-0.15, -0.1) is 0 Å². The Morgan fingerprint density at radius 2 is 1.14 bits per heavy atom. The Balaban J connectivity index is 1.79. The minimum Gasteiger partial charge on any atom is -0.346 e. The monoisotopic (exact) mass is 482 g/mol. The van der Waals surface area contributed by atoms with Gasteiger partial charge in [0.05, 0.1) is 0 Å². The van der Waals surface area contributed by atoms with Gasteiger partial charge in [0.25, 0.3) is 0 Å². The van der Waals surface area contributed by atoms with Crippen molar-refractivity contribution in [2.24, 2.45) is 0 Å². The Bertz CT molecular complexity index is 1220. The van der Waals surface area contributed by atoms with E-state index in [9.17, 15) is 0 Å². The van der Waals surface area contributed by atoms with E-state index in [0.29, 0.717) is 13.2 Å². The van der Waals surface area contributed by atoms with Gasteiger partial charge in [0.2, 0.25) is 5.79 Å². The molecule has 0 amide bonds. The molecule has 36 heavy (non-hydrogen) atoms. The first-order chi connectivity index (χ1) is 17.7. The highest BCUT2D eigenvalue weighted by atomic mass is 16.7. The first-order valence-electron chi connectivity index (χ1n) is 14.0. The third-order valence-corrected chi connectivity index (χ3v) is 7.35. The van der Waals surface area contributed by atoms with Crippen molar-refractivity contribution in [2.45, 2.75) is 77.4 Å². The fourth-order valence-corrected chi connectivity index (χ4v) is 5.58. The van der Waals surface area contributed by atoms with Crippen molar-refractivity contribution in [1.29, 1.82) is 0 Å². The molecule has 0 bridgehead atoms. The lowest BCUT2D eigenvalue weighted by molar-refractivity contribution is -0.258. The molecule has 4 aromatic rings. The van der Waals surface area contributed by atoms with Gasteiger partial charge < -0.3 is 9.47 Å². The summed E-state index contributed by atoms with van der Waals surface area (Å²) in [5.74, 6) is -0.742. The Hall–Kier alpha value is -2.68. The molecule has 1 unspecified atom stereocenters. The van der Waals surface area contributed by atoms with E-state index in [0.717, 1.165) is 18.4 Å². The summed E-state index contributed by atoms with van der Waals surface area (Å²) in [7, 11) is 0. The van der Waals surface area contributed by atoms with E-state index in [-0.39, 0.29) is 5.92 Å². The summed E-state index contributed by atoms with van der Waals surface area (Å²) in [4.78, 5) is 0. The number of hydrogen-bond donors (Lipinski definition) is 0. The summed E-state index contributed by atoms with van der Waals surface area (Å²) in [6.45, 7) is 7.62. The molecule has 2 nitrogen and oxygen atoms in total. The highest BCUT2D eigenvalue weighted by Gasteiger charge is 2.43. The Morgan fingerprint density at radius 3 is 1.78 bits per heavy atom. The summed E-state index contributed by atoms with van der Waals surface area (Å²) in [5, 5.41) is 4.99. The summed E-state index contributed by atoms with van der Waals surface area (Å²) in [5.41, 5.74) is 2.39. The zero-order valence-electron chi connectivity index (χ0n) is 22.3. The number of hydrogen-bond acceptors (Lipinski definition) is 2. The van der Waals surface area contributed by atoms with Crippen molar-refractivity contribution in [3.63, 3.8) is 0 Å². The van der Waals surface area contributed by atoms with Gasteiger partial charge in [-0.05, 0) is 53.4 Å². The second-order valence-electron chi connectivity index (χ2n) is 9.81. The number of rotatable bonds is 14. The van der Waals surface area contributed by atoms with Gasteiger partial charge in [-0.25, -0.2) is 0 Å². The molecule has 0 spiro atoms. The molecule has 0 fully saturated rings. The quantitative estimate of drug-likeness (QED) is 0.131. The van der Waals surface area contributed by atoms with Crippen molar-refractivity contribution in [3.05, 3.63) is 96.1 Å². The minimum atomic E-state index is -0.834. The van der Waals surface area contributed by atoms with E-state index in [2.05, 4.69) is 106 Å². The number of fused-ring (bicyclic) bond motifs is 2.